The highest BCUT2D eigenvalue weighted by molar-refractivity contribution is 5.91. The fourth-order valence-electron chi connectivity index (χ4n) is 2.35. The van der Waals surface area contributed by atoms with Gasteiger partial charge in [0, 0.05) is 39.3 Å². The smallest absolute Gasteiger partial charge is 0.255 e. The summed E-state index contributed by atoms with van der Waals surface area (Å²) in [5.74, 6) is 0.00176. The number of carbonyl (C=O) groups is 2. The summed E-state index contributed by atoms with van der Waals surface area (Å²) in [6.07, 6.45) is 3.31. The van der Waals surface area contributed by atoms with Gasteiger partial charge in [0.05, 0.1) is 13.2 Å². The average Bonchev–Trinajstić information content (AvgIpc) is 2.64. The Hall–Kier alpha value is -2.38. The Labute approximate surface area is 148 Å². The van der Waals surface area contributed by atoms with Crippen molar-refractivity contribution in [3.05, 3.63) is 35.9 Å². The summed E-state index contributed by atoms with van der Waals surface area (Å²) in [7, 11) is 1.80. The van der Waals surface area contributed by atoms with Crippen LogP contribution in [0.25, 0.3) is 6.08 Å². The Kier molecular flexibility index (Phi) is 7.43. The molecule has 1 heterocycles. The van der Waals surface area contributed by atoms with Gasteiger partial charge in [0.1, 0.15) is 5.75 Å². The molecule has 0 bridgehead atoms. The van der Waals surface area contributed by atoms with Crippen molar-refractivity contribution in [2.24, 2.45) is 5.73 Å². The highest BCUT2D eigenvalue weighted by Crippen LogP contribution is 2.13. The minimum atomic E-state index is -0.519. The van der Waals surface area contributed by atoms with Gasteiger partial charge in [0.15, 0.2) is 6.61 Å². The number of carbonyl (C=O) groups excluding carboxylic acids is 2. The predicted molar refractivity (Wildman–Crippen MR) is 95.1 cm³/mol. The molecule has 0 saturated carbocycles. The second kappa shape index (κ2) is 9.80. The Morgan fingerprint density at radius 1 is 1.28 bits per heavy atom. The summed E-state index contributed by atoms with van der Waals surface area (Å²) in [6.45, 7) is 4.74. The van der Waals surface area contributed by atoms with E-state index in [1.54, 1.807) is 36.2 Å². The zero-order valence-corrected chi connectivity index (χ0v) is 14.5. The van der Waals surface area contributed by atoms with Crippen LogP contribution >= 0.6 is 0 Å². The molecule has 1 aliphatic heterocycles. The quantitative estimate of drug-likeness (QED) is 0.686. The first-order chi connectivity index (χ1) is 12.0. The van der Waals surface area contributed by atoms with E-state index in [1.807, 2.05) is 12.1 Å². The molecule has 1 saturated heterocycles. The van der Waals surface area contributed by atoms with Crippen LogP contribution in [-0.4, -0.2) is 74.7 Å². The number of amides is 2. The Morgan fingerprint density at radius 3 is 2.60 bits per heavy atom. The van der Waals surface area contributed by atoms with Gasteiger partial charge in [0.2, 0.25) is 5.91 Å². The SMILES string of the molecule is CN(CCN1CCOCC1)C(=O)/C=C\c1ccc(OCC(N)=O)cc1. The summed E-state index contributed by atoms with van der Waals surface area (Å²) in [5.41, 5.74) is 5.90. The van der Waals surface area contributed by atoms with Crippen LogP contribution < -0.4 is 10.5 Å². The monoisotopic (exact) mass is 347 g/mol. The van der Waals surface area contributed by atoms with Gasteiger partial charge in [-0.1, -0.05) is 12.1 Å². The van der Waals surface area contributed by atoms with Crippen molar-refractivity contribution < 1.29 is 19.1 Å². The number of morpholine rings is 1. The average molecular weight is 347 g/mol. The lowest BCUT2D eigenvalue weighted by molar-refractivity contribution is -0.125. The molecule has 0 aromatic heterocycles. The number of primary amides is 1. The molecule has 1 aromatic carbocycles. The Bertz CT molecular complexity index is 595. The van der Waals surface area contributed by atoms with E-state index in [4.69, 9.17) is 15.2 Å². The molecule has 7 heteroatoms. The molecule has 1 aromatic rings. The number of hydrogen-bond acceptors (Lipinski definition) is 5. The molecule has 7 nitrogen and oxygen atoms in total. The topological polar surface area (TPSA) is 85.1 Å². The third-order valence-corrected chi connectivity index (χ3v) is 3.91. The fourth-order valence-corrected chi connectivity index (χ4v) is 2.35. The van der Waals surface area contributed by atoms with E-state index in [0.29, 0.717) is 12.3 Å². The van der Waals surface area contributed by atoms with Crippen LogP contribution in [0.15, 0.2) is 30.3 Å². The molecule has 2 amide bonds. The summed E-state index contributed by atoms with van der Waals surface area (Å²) in [6, 6.07) is 7.09. The molecule has 0 atom stereocenters. The van der Waals surface area contributed by atoms with Crippen LogP contribution in [0.1, 0.15) is 5.56 Å². The largest absolute Gasteiger partial charge is 0.484 e. The van der Waals surface area contributed by atoms with Crippen LogP contribution in [0.5, 0.6) is 5.75 Å². The molecule has 0 aliphatic carbocycles. The van der Waals surface area contributed by atoms with Crippen molar-refractivity contribution in [1.82, 2.24) is 9.80 Å². The number of rotatable bonds is 8. The molecule has 0 radical (unpaired) electrons. The Morgan fingerprint density at radius 2 is 1.96 bits per heavy atom. The minimum absolute atomic E-state index is 0.0395. The number of ether oxygens (including phenoxy) is 2. The number of nitrogens with zero attached hydrogens (tertiary/aromatic N) is 2. The minimum Gasteiger partial charge on any atom is -0.484 e. The number of likely N-dealkylation sites (N-methyl/N-ethyl adjacent to an activating group) is 1. The predicted octanol–water partition coefficient (Wildman–Crippen LogP) is 0.355. The van der Waals surface area contributed by atoms with Gasteiger partial charge in [-0.2, -0.15) is 0 Å². The first kappa shape index (κ1) is 19.0. The zero-order valence-electron chi connectivity index (χ0n) is 14.5. The molecule has 2 rings (SSSR count). The van der Waals surface area contributed by atoms with E-state index < -0.39 is 5.91 Å². The van der Waals surface area contributed by atoms with E-state index in [1.165, 1.54) is 0 Å². The maximum absolute atomic E-state index is 12.2. The summed E-state index contributed by atoms with van der Waals surface area (Å²) in [4.78, 5) is 26.8. The lowest BCUT2D eigenvalue weighted by Gasteiger charge is -2.28. The molecule has 1 aliphatic rings. The van der Waals surface area contributed by atoms with Crippen LogP contribution in [0.4, 0.5) is 0 Å². The van der Waals surface area contributed by atoms with E-state index in [0.717, 1.165) is 38.4 Å². The second-order valence-electron chi connectivity index (χ2n) is 5.87. The van der Waals surface area contributed by atoms with Crippen molar-refractivity contribution in [3.8, 4) is 5.75 Å². The highest BCUT2D eigenvalue weighted by atomic mass is 16.5. The van der Waals surface area contributed by atoms with Gasteiger partial charge in [-0.15, -0.1) is 0 Å². The summed E-state index contributed by atoms with van der Waals surface area (Å²) in [5, 5.41) is 0. The molecule has 25 heavy (non-hydrogen) atoms. The van der Waals surface area contributed by atoms with Gasteiger partial charge in [-0.05, 0) is 23.8 Å². The van der Waals surface area contributed by atoms with Gasteiger partial charge in [-0.25, -0.2) is 0 Å². The van der Waals surface area contributed by atoms with Gasteiger partial charge in [-0.3, -0.25) is 14.5 Å². The molecule has 0 spiro atoms. The molecular weight excluding hydrogens is 322 g/mol. The van der Waals surface area contributed by atoms with Gasteiger partial charge in [0.25, 0.3) is 5.91 Å². The van der Waals surface area contributed by atoms with E-state index >= 15 is 0 Å². The number of nitrogens with two attached hydrogens (primary N) is 1. The van der Waals surface area contributed by atoms with Crippen molar-refractivity contribution in [1.29, 1.82) is 0 Å². The lowest BCUT2D eigenvalue weighted by Crippen LogP contribution is -2.41. The first-order valence-electron chi connectivity index (χ1n) is 8.29. The normalized spacial score (nSPS) is 15.2. The highest BCUT2D eigenvalue weighted by Gasteiger charge is 2.12. The molecule has 2 N–H and O–H groups in total. The van der Waals surface area contributed by atoms with Crippen LogP contribution in [0.3, 0.4) is 0 Å². The van der Waals surface area contributed by atoms with Crippen molar-refractivity contribution in [2.75, 3.05) is 53.0 Å². The van der Waals surface area contributed by atoms with Crippen LogP contribution in [0, 0.1) is 0 Å². The van der Waals surface area contributed by atoms with Crippen molar-refractivity contribution in [2.45, 2.75) is 0 Å². The molecular formula is C18H25N3O4. The third-order valence-electron chi connectivity index (χ3n) is 3.91. The summed E-state index contributed by atoms with van der Waals surface area (Å²) >= 11 is 0. The van der Waals surface area contributed by atoms with Crippen LogP contribution in [-0.2, 0) is 14.3 Å². The molecule has 0 unspecified atom stereocenters. The van der Waals surface area contributed by atoms with E-state index in [2.05, 4.69) is 4.90 Å². The number of hydrogen-bond donors (Lipinski definition) is 1. The lowest BCUT2D eigenvalue weighted by atomic mass is 10.2. The van der Waals surface area contributed by atoms with E-state index in [-0.39, 0.29) is 12.5 Å². The fraction of sp³-hybridized carbons (Fsp3) is 0.444. The standard InChI is InChI=1S/C18H25N3O4/c1-20(8-9-21-10-12-24-13-11-21)18(23)7-4-15-2-5-16(6-3-15)25-14-17(19)22/h2-7H,8-14H2,1H3,(H2,19,22)/b7-4-. The molecule has 1 fully saturated rings. The van der Waals surface area contributed by atoms with Crippen molar-refractivity contribution in [3.63, 3.8) is 0 Å². The maximum atomic E-state index is 12.2. The maximum Gasteiger partial charge on any atom is 0.255 e. The number of benzene rings is 1. The summed E-state index contributed by atoms with van der Waals surface area (Å²) < 4.78 is 10.5. The Balaban J connectivity index is 1.77. The van der Waals surface area contributed by atoms with Gasteiger partial charge >= 0.3 is 0 Å². The second-order valence-corrected chi connectivity index (χ2v) is 5.87. The van der Waals surface area contributed by atoms with Gasteiger partial charge < -0.3 is 20.1 Å². The molecule has 136 valence electrons. The van der Waals surface area contributed by atoms with Crippen molar-refractivity contribution >= 4 is 17.9 Å². The third kappa shape index (κ3) is 6.94. The van der Waals surface area contributed by atoms with Crippen LogP contribution in [0.2, 0.25) is 0 Å². The van der Waals surface area contributed by atoms with E-state index in [9.17, 15) is 9.59 Å². The zero-order chi connectivity index (χ0) is 18.1. The first-order valence-corrected chi connectivity index (χ1v) is 8.29.